The molecule has 0 aliphatic carbocycles. The lowest BCUT2D eigenvalue weighted by Crippen LogP contribution is -2.06. The van der Waals surface area contributed by atoms with Gasteiger partial charge in [-0.1, -0.05) is 0 Å². The van der Waals surface area contributed by atoms with E-state index in [1.54, 1.807) is 0 Å². The molecule has 1 aromatic heterocycles. The first kappa shape index (κ1) is 8.27. The van der Waals surface area contributed by atoms with Crippen molar-refractivity contribution < 1.29 is 0 Å². The molecule has 0 fully saturated rings. The van der Waals surface area contributed by atoms with Gasteiger partial charge in [-0.05, 0) is 26.8 Å². The lowest BCUT2D eigenvalue weighted by molar-refractivity contribution is 0.636. The van der Waals surface area contributed by atoms with E-state index in [0.717, 1.165) is 25.2 Å². The third-order valence-corrected chi connectivity index (χ3v) is 1.95. The molecule has 62 valence electrons. The summed E-state index contributed by atoms with van der Waals surface area (Å²) in [7, 11) is 0. The van der Waals surface area contributed by atoms with Gasteiger partial charge in [-0.2, -0.15) is 0 Å². The van der Waals surface area contributed by atoms with Gasteiger partial charge < -0.3 is 10.3 Å². The molecule has 0 saturated heterocycles. The van der Waals surface area contributed by atoms with Crippen LogP contribution in [-0.2, 0) is 6.54 Å². The number of rotatable bonds is 3. The predicted molar refractivity (Wildman–Crippen MR) is 45.4 cm³/mol. The van der Waals surface area contributed by atoms with Gasteiger partial charge in [0, 0.05) is 12.2 Å². The molecule has 0 amide bonds. The quantitative estimate of drug-likeness (QED) is 0.699. The summed E-state index contributed by atoms with van der Waals surface area (Å²) < 4.78 is 2.14. The molecule has 1 rings (SSSR count). The summed E-state index contributed by atoms with van der Waals surface area (Å²) >= 11 is 0. The molecule has 0 aliphatic rings. The van der Waals surface area contributed by atoms with Crippen LogP contribution in [0.1, 0.15) is 17.8 Å². The molecule has 0 unspecified atom stereocenters. The summed E-state index contributed by atoms with van der Waals surface area (Å²) in [5.41, 5.74) is 7.76. The van der Waals surface area contributed by atoms with E-state index in [9.17, 15) is 0 Å². The van der Waals surface area contributed by atoms with Crippen molar-refractivity contribution in [2.75, 3.05) is 6.54 Å². The molecule has 0 atom stereocenters. The fraction of sp³-hybridized carbons (Fsp3) is 0.625. The molecule has 0 bridgehead atoms. The molecule has 3 nitrogen and oxygen atoms in total. The number of nitrogens with two attached hydrogens (primary N) is 1. The second-order valence-electron chi connectivity index (χ2n) is 2.75. The average Bonchev–Trinajstić information content (AvgIpc) is 2.31. The zero-order valence-electron chi connectivity index (χ0n) is 7.17. The van der Waals surface area contributed by atoms with Gasteiger partial charge in [0.05, 0.1) is 12.0 Å². The maximum Gasteiger partial charge on any atom is 0.0951 e. The van der Waals surface area contributed by atoms with Crippen molar-refractivity contribution >= 4 is 0 Å². The van der Waals surface area contributed by atoms with Crippen molar-refractivity contribution in [3.05, 3.63) is 17.7 Å². The van der Waals surface area contributed by atoms with Gasteiger partial charge >= 0.3 is 0 Å². The first-order chi connectivity index (χ1) is 5.25. The number of hydrogen-bond donors (Lipinski definition) is 1. The minimum atomic E-state index is 0.747. The van der Waals surface area contributed by atoms with E-state index in [1.807, 2.05) is 13.3 Å². The topological polar surface area (TPSA) is 43.8 Å². The first-order valence-electron chi connectivity index (χ1n) is 3.94. The van der Waals surface area contributed by atoms with Crippen LogP contribution in [-0.4, -0.2) is 16.1 Å². The maximum atomic E-state index is 5.40. The van der Waals surface area contributed by atoms with Crippen LogP contribution < -0.4 is 5.73 Å². The Hall–Kier alpha value is -0.830. The van der Waals surface area contributed by atoms with Crippen molar-refractivity contribution in [2.24, 2.45) is 5.73 Å². The van der Waals surface area contributed by atoms with Gasteiger partial charge in [0.25, 0.3) is 0 Å². The van der Waals surface area contributed by atoms with Gasteiger partial charge in [0.15, 0.2) is 0 Å². The Morgan fingerprint density at radius 1 is 1.55 bits per heavy atom. The van der Waals surface area contributed by atoms with Gasteiger partial charge in [-0.15, -0.1) is 0 Å². The smallest absolute Gasteiger partial charge is 0.0951 e. The number of hydrogen-bond acceptors (Lipinski definition) is 2. The van der Waals surface area contributed by atoms with Gasteiger partial charge in [0.2, 0.25) is 0 Å². The highest BCUT2D eigenvalue weighted by Crippen LogP contribution is 2.03. The Kier molecular flexibility index (Phi) is 2.65. The van der Waals surface area contributed by atoms with Crippen LogP contribution in [0, 0.1) is 13.8 Å². The molecule has 3 heteroatoms. The van der Waals surface area contributed by atoms with Crippen molar-refractivity contribution in [3.63, 3.8) is 0 Å². The van der Waals surface area contributed by atoms with E-state index in [1.165, 1.54) is 5.69 Å². The van der Waals surface area contributed by atoms with E-state index >= 15 is 0 Å². The first-order valence-corrected chi connectivity index (χ1v) is 3.94. The highest BCUT2D eigenvalue weighted by atomic mass is 15.0. The number of aryl methyl sites for hydroxylation is 2. The molecule has 0 spiro atoms. The Balaban J connectivity index is 2.63. The average molecular weight is 153 g/mol. The van der Waals surface area contributed by atoms with Gasteiger partial charge in [-0.3, -0.25) is 0 Å². The third-order valence-electron chi connectivity index (χ3n) is 1.95. The van der Waals surface area contributed by atoms with E-state index in [0.29, 0.717) is 0 Å². The van der Waals surface area contributed by atoms with Crippen molar-refractivity contribution in [2.45, 2.75) is 26.8 Å². The van der Waals surface area contributed by atoms with Crippen LogP contribution in [0.2, 0.25) is 0 Å². The van der Waals surface area contributed by atoms with Crippen LogP contribution in [0.15, 0.2) is 6.33 Å². The number of imidazole rings is 1. The van der Waals surface area contributed by atoms with Crippen LogP contribution in [0.25, 0.3) is 0 Å². The minimum Gasteiger partial charge on any atom is -0.335 e. The van der Waals surface area contributed by atoms with E-state index in [4.69, 9.17) is 5.73 Å². The second-order valence-corrected chi connectivity index (χ2v) is 2.75. The summed E-state index contributed by atoms with van der Waals surface area (Å²) in [6, 6.07) is 0. The van der Waals surface area contributed by atoms with E-state index in [2.05, 4.69) is 16.5 Å². The van der Waals surface area contributed by atoms with Crippen LogP contribution in [0.3, 0.4) is 0 Å². The van der Waals surface area contributed by atoms with Gasteiger partial charge in [-0.25, -0.2) is 4.98 Å². The number of aromatic nitrogens is 2. The molecular formula is C8H15N3. The standard InChI is InChI=1S/C8H15N3/c1-7-8(2)11(6-10-7)5-3-4-9/h6H,3-5,9H2,1-2H3. The summed E-state index contributed by atoms with van der Waals surface area (Å²) in [6.07, 6.45) is 2.90. The fourth-order valence-electron chi connectivity index (χ4n) is 1.03. The molecule has 0 saturated carbocycles. The highest BCUT2D eigenvalue weighted by molar-refractivity contribution is 5.08. The molecule has 11 heavy (non-hydrogen) atoms. The molecule has 1 heterocycles. The Morgan fingerprint density at radius 2 is 2.27 bits per heavy atom. The normalized spacial score (nSPS) is 10.5. The minimum absolute atomic E-state index is 0.747. The van der Waals surface area contributed by atoms with E-state index < -0.39 is 0 Å². The van der Waals surface area contributed by atoms with Crippen LogP contribution >= 0.6 is 0 Å². The molecule has 0 aliphatic heterocycles. The Morgan fingerprint density at radius 3 is 2.73 bits per heavy atom. The van der Waals surface area contributed by atoms with Crippen LogP contribution in [0.4, 0.5) is 0 Å². The SMILES string of the molecule is Cc1ncn(CCCN)c1C. The molecule has 0 aromatic carbocycles. The number of nitrogens with zero attached hydrogens (tertiary/aromatic N) is 2. The summed E-state index contributed by atoms with van der Waals surface area (Å²) in [5.74, 6) is 0. The monoisotopic (exact) mass is 153 g/mol. The zero-order chi connectivity index (χ0) is 8.27. The zero-order valence-corrected chi connectivity index (χ0v) is 7.17. The van der Waals surface area contributed by atoms with Crippen molar-refractivity contribution in [3.8, 4) is 0 Å². The fourth-order valence-corrected chi connectivity index (χ4v) is 1.03. The highest BCUT2D eigenvalue weighted by Gasteiger charge is 1.99. The Labute approximate surface area is 67.2 Å². The lowest BCUT2D eigenvalue weighted by atomic mass is 10.3. The van der Waals surface area contributed by atoms with Crippen LogP contribution in [0.5, 0.6) is 0 Å². The molecular weight excluding hydrogens is 138 g/mol. The lowest BCUT2D eigenvalue weighted by Gasteiger charge is -2.02. The summed E-state index contributed by atoms with van der Waals surface area (Å²) in [4.78, 5) is 4.19. The van der Waals surface area contributed by atoms with E-state index in [-0.39, 0.29) is 0 Å². The molecule has 2 N–H and O–H groups in total. The van der Waals surface area contributed by atoms with Gasteiger partial charge in [0.1, 0.15) is 0 Å². The summed E-state index contributed by atoms with van der Waals surface area (Å²) in [5, 5.41) is 0. The maximum absolute atomic E-state index is 5.40. The predicted octanol–water partition coefficient (Wildman–Crippen LogP) is 0.849. The summed E-state index contributed by atoms with van der Waals surface area (Å²) in [6.45, 7) is 5.84. The largest absolute Gasteiger partial charge is 0.335 e. The van der Waals surface area contributed by atoms with Crippen molar-refractivity contribution in [1.82, 2.24) is 9.55 Å². The third kappa shape index (κ3) is 1.80. The Bertz CT molecular complexity index is 227. The molecule has 0 radical (unpaired) electrons. The molecule has 1 aromatic rings. The van der Waals surface area contributed by atoms with Crippen molar-refractivity contribution in [1.29, 1.82) is 0 Å². The second kappa shape index (κ2) is 3.53.